The van der Waals surface area contributed by atoms with E-state index in [0.717, 1.165) is 38.8 Å². The number of rotatable bonds is 7. The largest absolute Gasteiger partial charge is 0.318 e. The van der Waals surface area contributed by atoms with E-state index in [-0.39, 0.29) is 34.4 Å². The van der Waals surface area contributed by atoms with Gasteiger partial charge in [-0.1, -0.05) is 13.8 Å². The van der Waals surface area contributed by atoms with Crippen LogP contribution in [0.4, 0.5) is 0 Å². The lowest BCUT2D eigenvalue weighted by Gasteiger charge is -2.49. The van der Waals surface area contributed by atoms with Crippen LogP contribution >= 0.6 is 8.53 Å². The maximum atomic E-state index is 6.75. The molecule has 0 spiro atoms. The molecule has 2 aliphatic rings. The third kappa shape index (κ3) is 7.18. The highest BCUT2D eigenvalue weighted by Gasteiger charge is 2.43. The Morgan fingerprint density at radius 1 is 0.679 bits per heavy atom. The van der Waals surface area contributed by atoms with Crippen molar-refractivity contribution < 1.29 is 9.05 Å². The van der Waals surface area contributed by atoms with Crippen LogP contribution in [0.1, 0.15) is 94.9 Å². The zero-order chi connectivity index (χ0) is 21.4. The van der Waals surface area contributed by atoms with Gasteiger partial charge in [0.05, 0.1) is 12.2 Å². The van der Waals surface area contributed by atoms with Gasteiger partial charge in [-0.3, -0.25) is 0 Å². The molecular formula is C22H46N3O2P. The maximum Gasteiger partial charge on any atom is 0.259 e. The molecule has 0 atom stereocenters. The van der Waals surface area contributed by atoms with Crippen LogP contribution in [-0.2, 0) is 9.05 Å². The van der Waals surface area contributed by atoms with Crippen molar-refractivity contribution in [3.05, 3.63) is 0 Å². The molecule has 0 aliphatic carbocycles. The van der Waals surface area contributed by atoms with Gasteiger partial charge in [0, 0.05) is 35.2 Å². The molecule has 6 heteroatoms. The molecule has 0 aromatic carbocycles. The van der Waals surface area contributed by atoms with Crippen molar-refractivity contribution in [2.45, 2.75) is 129 Å². The first kappa shape index (κ1) is 24.5. The zero-order valence-electron chi connectivity index (χ0n) is 20.1. The topological polar surface area (TPSA) is 45.8 Å². The molecule has 0 amide bonds. The van der Waals surface area contributed by atoms with Gasteiger partial charge in [0.25, 0.3) is 8.53 Å². The molecule has 0 aromatic heterocycles. The molecule has 2 N–H and O–H groups in total. The lowest BCUT2D eigenvalue weighted by atomic mass is 9.81. The van der Waals surface area contributed by atoms with Gasteiger partial charge in [0.15, 0.2) is 0 Å². The van der Waals surface area contributed by atoms with Crippen LogP contribution in [-0.4, -0.2) is 52.1 Å². The summed E-state index contributed by atoms with van der Waals surface area (Å²) in [5.41, 5.74) is 0.315. The fraction of sp³-hybridized carbons (Fsp3) is 1.00. The summed E-state index contributed by atoms with van der Waals surface area (Å²) in [5, 5.41) is 7.52. The van der Waals surface area contributed by atoms with Gasteiger partial charge in [-0.15, -0.1) is 0 Å². The van der Waals surface area contributed by atoms with Gasteiger partial charge in [-0.05, 0) is 81.1 Å². The number of nitrogens with zero attached hydrogens (tertiary/aromatic N) is 1. The molecule has 166 valence electrons. The average Bonchev–Trinajstić information content (AvgIpc) is 2.41. The predicted octanol–water partition coefficient (Wildman–Crippen LogP) is 5.21. The molecule has 2 heterocycles. The normalized spacial score (nSPS) is 27.4. The standard InChI is InChI=1S/C22H46N3O2P/c1-11-25(12-2)28(26-17-13-19(3,4)23-20(5,6)14-17)27-18-15-21(7,8)24-22(9,10)16-18/h17-18,23-24H,11-16H2,1-10H3. The molecule has 0 aromatic rings. The van der Waals surface area contributed by atoms with Gasteiger partial charge in [0.1, 0.15) is 0 Å². The van der Waals surface area contributed by atoms with Crippen LogP contribution in [0.3, 0.4) is 0 Å². The summed E-state index contributed by atoms with van der Waals surface area (Å²) in [4.78, 5) is 0. The van der Waals surface area contributed by atoms with E-state index >= 15 is 0 Å². The lowest BCUT2D eigenvalue weighted by Crippen LogP contribution is -2.60. The van der Waals surface area contributed by atoms with E-state index < -0.39 is 8.53 Å². The smallest absolute Gasteiger partial charge is 0.259 e. The highest BCUT2D eigenvalue weighted by Crippen LogP contribution is 2.50. The zero-order valence-corrected chi connectivity index (χ0v) is 21.0. The first-order chi connectivity index (χ1) is 12.7. The molecule has 0 saturated carbocycles. The molecule has 2 rings (SSSR count). The second kappa shape index (κ2) is 8.77. The Morgan fingerprint density at radius 3 is 1.21 bits per heavy atom. The molecule has 0 bridgehead atoms. The Balaban J connectivity index is 2.14. The van der Waals surface area contributed by atoms with E-state index in [1.807, 2.05) is 0 Å². The molecule has 2 saturated heterocycles. The first-order valence-corrected chi connectivity index (χ1v) is 12.3. The van der Waals surface area contributed by atoms with Crippen molar-refractivity contribution in [3.63, 3.8) is 0 Å². The quantitative estimate of drug-likeness (QED) is 0.559. The van der Waals surface area contributed by atoms with E-state index in [0.29, 0.717) is 0 Å². The summed E-state index contributed by atoms with van der Waals surface area (Å²) in [6.45, 7) is 24.6. The molecule has 0 unspecified atom stereocenters. The fourth-order valence-electron chi connectivity index (χ4n) is 5.47. The van der Waals surface area contributed by atoms with Crippen molar-refractivity contribution in [3.8, 4) is 0 Å². The summed E-state index contributed by atoms with van der Waals surface area (Å²) in [6.07, 6.45) is 4.51. The van der Waals surface area contributed by atoms with E-state index in [9.17, 15) is 0 Å². The van der Waals surface area contributed by atoms with Crippen LogP contribution in [0.25, 0.3) is 0 Å². The number of piperidine rings is 2. The Morgan fingerprint density at radius 2 is 0.964 bits per heavy atom. The lowest BCUT2D eigenvalue weighted by molar-refractivity contribution is 0.0153. The van der Waals surface area contributed by atoms with Gasteiger partial charge in [-0.25, -0.2) is 4.67 Å². The van der Waals surface area contributed by atoms with Crippen molar-refractivity contribution >= 4 is 8.53 Å². The third-order valence-electron chi connectivity index (χ3n) is 5.74. The minimum Gasteiger partial charge on any atom is -0.318 e. The van der Waals surface area contributed by atoms with Gasteiger partial charge >= 0.3 is 0 Å². The second-order valence-corrected chi connectivity index (χ2v) is 12.9. The predicted molar refractivity (Wildman–Crippen MR) is 121 cm³/mol. The van der Waals surface area contributed by atoms with Crippen molar-refractivity contribution in [2.24, 2.45) is 0 Å². The molecule has 2 aliphatic heterocycles. The van der Waals surface area contributed by atoms with Crippen molar-refractivity contribution in [1.29, 1.82) is 0 Å². The Kier molecular flexibility index (Phi) is 7.67. The number of hydrogen-bond acceptors (Lipinski definition) is 5. The number of nitrogens with one attached hydrogen (secondary N) is 2. The van der Waals surface area contributed by atoms with E-state index in [1.54, 1.807) is 0 Å². The first-order valence-electron chi connectivity index (χ1n) is 11.1. The van der Waals surface area contributed by atoms with Gasteiger partial charge in [-0.2, -0.15) is 0 Å². The van der Waals surface area contributed by atoms with Crippen molar-refractivity contribution in [1.82, 2.24) is 15.3 Å². The molecule has 0 radical (unpaired) electrons. The van der Waals surface area contributed by atoms with E-state index in [2.05, 4.69) is 84.5 Å². The van der Waals surface area contributed by atoms with E-state index in [1.165, 1.54) is 0 Å². The highest BCUT2D eigenvalue weighted by atomic mass is 31.2. The van der Waals surface area contributed by atoms with Gasteiger partial charge < -0.3 is 19.7 Å². The molecular weight excluding hydrogens is 369 g/mol. The fourth-order valence-corrected chi connectivity index (χ4v) is 7.06. The minimum atomic E-state index is -1.06. The summed E-state index contributed by atoms with van der Waals surface area (Å²) in [5.74, 6) is 0. The van der Waals surface area contributed by atoms with Crippen LogP contribution in [0.5, 0.6) is 0 Å². The molecule has 28 heavy (non-hydrogen) atoms. The monoisotopic (exact) mass is 415 g/mol. The minimum absolute atomic E-state index is 0.0788. The van der Waals surface area contributed by atoms with Crippen LogP contribution in [0, 0.1) is 0 Å². The maximum absolute atomic E-state index is 6.75. The Bertz CT molecular complexity index is 446. The summed E-state index contributed by atoms with van der Waals surface area (Å²) in [7, 11) is -1.06. The van der Waals surface area contributed by atoms with Crippen molar-refractivity contribution in [2.75, 3.05) is 13.1 Å². The summed E-state index contributed by atoms with van der Waals surface area (Å²) in [6, 6.07) is 0. The third-order valence-corrected chi connectivity index (χ3v) is 7.73. The highest BCUT2D eigenvalue weighted by molar-refractivity contribution is 7.44. The van der Waals surface area contributed by atoms with Crippen LogP contribution in [0.15, 0.2) is 0 Å². The second-order valence-electron chi connectivity index (χ2n) is 11.4. The van der Waals surface area contributed by atoms with Crippen LogP contribution < -0.4 is 10.6 Å². The molecule has 5 nitrogen and oxygen atoms in total. The number of hydrogen-bond donors (Lipinski definition) is 2. The van der Waals surface area contributed by atoms with Crippen LogP contribution in [0.2, 0.25) is 0 Å². The summed E-state index contributed by atoms with van der Waals surface area (Å²) < 4.78 is 15.9. The SMILES string of the molecule is CCN(CC)P(OC1CC(C)(C)NC(C)(C)C1)OC1CC(C)(C)NC(C)(C)C1. The molecule has 2 fully saturated rings. The van der Waals surface area contributed by atoms with Gasteiger partial charge in [0.2, 0.25) is 0 Å². The average molecular weight is 416 g/mol. The Labute approximate surface area is 175 Å². The summed E-state index contributed by atoms with van der Waals surface area (Å²) >= 11 is 0. The van der Waals surface area contributed by atoms with E-state index in [4.69, 9.17) is 9.05 Å². The Hall–Kier alpha value is 0.230.